The smallest absolute Gasteiger partial charge is 0.123 e. The van der Waals surface area contributed by atoms with Gasteiger partial charge in [-0.25, -0.2) is 4.98 Å². The number of rotatable bonds is 2. The van der Waals surface area contributed by atoms with Crippen LogP contribution in [-0.4, -0.2) is 11.5 Å². The van der Waals surface area contributed by atoms with Crippen LogP contribution in [0.1, 0.15) is 24.6 Å². The summed E-state index contributed by atoms with van der Waals surface area (Å²) in [7, 11) is 0. The molecule has 1 fully saturated rings. The molecule has 3 heteroatoms. The first-order valence-electron chi connectivity index (χ1n) is 7.08. The number of benzene rings is 2. The maximum Gasteiger partial charge on any atom is 0.123 e. The Hall–Kier alpha value is -1.71. The van der Waals surface area contributed by atoms with Crippen LogP contribution in [0.4, 0.5) is 0 Å². The van der Waals surface area contributed by atoms with E-state index in [-0.39, 0.29) is 0 Å². The van der Waals surface area contributed by atoms with E-state index >= 15 is 0 Å². The van der Waals surface area contributed by atoms with Crippen LogP contribution in [0.15, 0.2) is 47.8 Å². The molecule has 1 unspecified atom stereocenters. The van der Waals surface area contributed by atoms with Gasteiger partial charge in [-0.2, -0.15) is 0 Å². The lowest BCUT2D eigenvalue weighted by Gasteiger charge is -2.05. The van der Waals surface area contributed by atoms with Gasteiger partial charge in [-0.05, 0) is 36.2 Å². The Morgan fingerprint density at radius 1 is 1.10 bits per heavy atom. The van der Waals surface area contributed by atoms with E-state index in [0.717, 1.165) is 11.6 Å². The zero-order valence-corrected chi connectivity index (χ0v) is 12.0. The molecule has 0 radical (unpaired) electrons. The molecule has 2 heterocycles. The van der Waals surface area contributed by atoms with E-state index in [4.69, 9.17) is 4.98 Å². The number of nitrogens with one attached hydrogen (secondary N) is 1. The standard InChI is InChI=1S/C17H16N2S/c1-2-5-13-10-14(8-7-12(13)4-1)17-19-16(11-20-17)15-6-3-9-18-15/h1-2,4-5,7-8,10-11,15,18H,3,6,9H2. The molecule has 0 aliphatic carbocycles. The van der Waals surface area contributed by atoms with Crippen molar-refractivity contribution in [1.82, 2.24) is 10.3 Å². The normalized spacial score (nSPS) is 18.7. The van der Waals surface area contributed by atoms with E-state index in [2.05, 4.69) is 53.2 Å². The predicted octanol–water partition coefficient (Wildman–Crippen LogP) is 4.39. The van der Waals surface area contributed by atoms with Crippen molar-refractivity contribution in [3.8, 4) is 10.6 Å². The third-order valence-corrected chi connectivity index (χ3v) is 4.85. The average molecular weight is 280 g/mol. The van der Waals surface area contributed by atoms with Crippen molar-refractivity contribution >= 4 is 22.1 Å². The van der Waals surface area contributed by atoms with Crippen LogP contribution in [0, 0.1) is 0 Å². The van der Waals surface area contributed by atoms with Crippen molar-refractivity contribution in [2.24, 2.45) is 0 Å². The van der Waals surface area contributed by atoms with E-state index in [1.54, 1.807) is 11.3 Å². The fraction of sp³-hybridized carbons (Fsp3) is 0.235. The van der Waals surface area contributed by atoms with Gasteiger partial charge in [0.1, 0.15) is 5.01 Å². The van der Waals surface area contributed by atoms with Gasteiger partial charge in [0.2, 0.25) is 0 Å². The highest BCUT2D eigenvalue weighted by molar-refractivity contribution is 7.13. The maximum absolute atomic E-state index is 4.83. The van der Waals surface area contributed by atoms with E-state index in [1.807, 2.05) is 0 Å². The fourth-order valence-corrected chi connectivity index (χ4v) is 3.71. The predicted molar refractivity (Wildman–Crippen MR) is 85.0 cm³/mol. The summed E-state index contributed by atoms with van der Waals surface area (Å²) in [4.78, 5) is 4.83. The molecule has 3 aromatic rings. The highest BCUT2D eigenvalue weighted by Crippen LogP contribution is 2.31. The third-order valence-electron chi connectivity index (χ3n) is 3.94. The minimum absolute atomic E-state index is 0.459. The quantitative estimate of drug-likeness (QED) is 0.753. The molecular formula is C17H16N2S. The molecule has 1 aliphatic heterocycles. The van der Waals surface area contributed by atoms with Crippen LogP contribution in [0.5, 0.6) is 0 Å². The van der Waals surface area contributed by atoms with Crippen LogP contribution in [0.2, 0.25) is 0 Å². The molecule has 1 N–H and O–H groups in total. The Morgan fingerprint density at radius 3 is 2.85 bits per heavy atom. The fourth-order valence-electron chi connectivity index (χ4n) is 2.84. The Morgan fingerprint density at radius 2 is 2.00 bits per heavy atom. The third kappa shape index (κ3) is 2.13. The van der Waals surface area contributed by atoms with Crippen molar-refractivity contribution in [2.75, 3.05) is 6.54 Å². The van der Waals surface area contributed by atoms with Gasteiger partial charge in [-0.3, -0.25) is 0 Å². The summed E-state index contributed by atoms with van der Waals surface area (Å²) in [6, 6.07) is 15.5. The maximum atomic E-state index is 4.83. The summed E-state index contributed by atoms with van der Waals surface area (Å²) in [6.07, 6.45) is 2.47. The second-order valence-corrected chi connectivity index (χ2v) is 6.15. The van der Waals surface area contributed by atoms with Crippen LogP contribution in [-0.2, 0) is 0 Å². The van der Waals surface area contributed by atoms with Crippen molar-refractivity contribution in [3.63, 3.8) is 0 Å². The van der Waals surface area contributed by atoms with Crippen molar-refractivity contribution in [3.05, 3.63) is 53.5 Å². The van der Waals surface area contributed by atoms with Gasteiger partial charge in [0.15, 0.2) is 0 Å². The molecule has 0 saturated carbocycles. The van der Waals surface area contributed by atoms with Crippen LogP contribution >= 0.6 is 11.3 Å². The Kier molecular flexibility index (Phi) is 3.02. The molecule has 1 aromatic heterocycles. The summed E-state index contributed by atoms with van der Waals surface area (Å²) >= 11 is 1.75. The molecular weight excluding hydrogens is 264 g/mol. The van der Waals surface area contributed by atoms with E-state index < -0.39 is 0 Å². The second kappa shape index (κ2) is 5.00. The number of thiazole rings is 1. The highest BCUT2D eigenvalue weighted by Gasteiger charge is 2.19. The number of hydrogen-bond donors (Lipinski definition) is 1. The van der Waals surface area contributed by atoms with Gasteiger partial charge < -0.3 is 5.32 Å². The molecule has 2 aromatic carbocycles. The summed E-state index contributed by atoms with van der Waals surface area (Å²) in [5.74, 6) is 0. The largest absolute Gasteiger partial charge is 0.309 e. The lowest BCUT2D eigenvalue weighted by Crippen LogP contribution is -2.12. The molecule has 20 heavy (non-hydrogen) atoms. The van der Waals surface area contributed by atoms with Gasteiger partial charge in [-0.15, -0.1) is 11.3 Å². The van der Waals surface area contributed by atoms with Gasteiger partial charge in [0.05, 0.1) is 11.7 Å². The van der Waals surface area contributed by atoms with Gasteiger partial charge in [0, 0.05) is 10.9 Å². The molecule has 2 nitrogen and oxygen atoms in total. The summed E-state index contributed by atoms with van der Waals surface area (Å²) in [5.41, 5.74) is 2.42. The molecule has 0 bridgehead atoms. The second-order valence-electron chi connectivity index (χ2n) is 5.29. The first-order valence-corrected chi connectivity index (χ1v) is 7.96. The minimum atomic E-state index is 0.459. The topological polar surface area (TPSA) is 24.9 Å². The van der Waals surface area contributed by atoms with Crippen molar-refractivity contribution < 1.29 is 0 Å². The Balaban J connectivity index is 1.71. The van der Waals surface area contributed by atoms with E-state index in [1.165, 1.54) is 34.9 Å². The van der Waals surface area contributed by atoms with Gasteiger partial charge >= 0.3 is 0 Å². The minimum Gasteiger partial charge on any atom is -0.309 e. The summed E-state index contributed by atoms with van der Waals surface area (Å²) < 4.78 is 0. The Bertz CT molecular complexity index is 741. The first-order chi connectivity index (χ1) is 9.90. The average Bonchev–Trinajstić information content (AvgIpc) is 3.17. The van der Waals surface area contributed by atoms with Crippen LogP contribution in [0.25, 0.3) is 21.3 Å². The lowest BCUT2D eigenvalue weighted by molar-refractivity contribution is 0.632. The van der Waals surface area contributed by atoms with E-state index in [0.29, 0.717) is 6.04 Å². The monoisotopic (exact) mass is 280 g/mol. The molecule has 100 valence electrons. The first kappa shape index (κ1) is 12.1. The van der Waals surface area contributed by atoms with Crippen molar-refractivity contribution in [1.29, 1.82) is 0 Å². The van der Waals surface area contributed by atoms with Crippen LogP contribution in [0.3, 0.4) is 0 Å². The summed E-state index contributed by atoms with van der Waals surface area (Å²) in [6.45, 7) is 1.12. The van der Waals surface area contributed by atoms with Gasteiger partial charge in [0.25, 0.3) is 0 Å². The number of aromatic nitrogens is 1. The molecule has 0 spiro atoms. The molecule has 1 aliphatic rings. The lowest BCUT2D eigenvalue weighted by atomic mass is 10.1. The SMILES string of the molecule is c1ccc2cc(-c3nc(C4CCCN4)cs3)ccc2c1. The molecule has 1 atom stereocenters. The number of hydrogen-bond acceptors (Lipinski definition) is 3. The van der Waals surface area contributed by atoms with E-state index in [9.17, 15) is 0 Å². The Labute approximate surface area is 122 Å². The molecule has 4 rings (SSSR count). The van der Waals surface area contributed by atoms with Crippen molar-refractivity contribution in [2.45, 2.75) is 18.9 Å². The number of nitrogens with zero attached hydrogens (tertiary/aromatic N) is 1. The van der Waals surface area contributed by atoms with Crippen LogP contribution < -0.4 is 5.32 Å². The number of fused-ring (bicyclic) bond motifs is 1. The van der Waals surface area contributed by atoms with Gasteiger partial charge in [-0.1, -0.05) is 36.4 Å². The zero-order chi connectivity index (χ0) is 13.4. The zero-order valence-electron chi connectivity index (χ0n) is 11.2. The highest BCUT2D eigenvalue weighted by atomic mass is 32.1. The summed E-state index contributed by atoms with van der Waals surface area (Å²) in [5, 5.41) is 9.40. The molecule has 0 amide bonds. The molecule has 1 saturated heterocycles.